The van der Waals surface area contributed by atoms with Crippen molar-refractivity contribution >= 4 is 27.1 Å². The van der Waals surface area contributed by atoms with Crippen molar-refractivity contribution in [2.75, 3.05) is 18.5 Å². The van der Waals surface area contributed by atoms with Crippen LogP contribution in [0.4, 0.5) is 14.5 Å². The van der Waals surface area contributed by atoms with Crippen LogP contribution in [0.5, 0.6) is 5.75 Å². The summed E-state index contributed by atoms with van der Waals surface area (Å²) in [5.74, 6) is -0.865. The second-order valence-electron chi connectivity index (χ2n) is 7.71. The first-order valence-electron chi connectivity index (χ1n) is 10.3. The molecule has 11 nitrogen and oxygen atoms in total. The number of carbonyl (C=O) groups excluding carboxylic acids is 1. The molecule has 1 aliphatic heterocycles. The standard InChI is InChI=1S/C21H18F2N6O5S/c1-28-9-16(26-20(30)15-8-25-29-6-2-5-24-19(15)29)18(27-28)14-7-12(3-4-17(14)34-21(22)23)35(31,32)13-10-33-11-13/h2-9,13,21H,10-11H2,1H3,(H,26,30). The van der Waals surface area contributed by atoms with Gasteiger partial charge in [-0.2, -0.15) is 19.0 Å². The van der Waals surface area contributed by atoms with Crippen LogP contribution in [0.3, 0.4) is 0 Å². The Morgan fingerprint density at radius 3 is 2.83 bits per heavy atom. The molecule has 182 valence electrons. The van der Waals surface area contributed by atoms with Gasteiger partial charge in [-0.25, -0.2) is 17.9 Å². The van der Waals surface area contributed by atoms with E-state index >= 15 is 0 Å². The average Bonchev–Trinajstić information content (AvgIpc) is 3.35. The molecule has 14 heteroatoms. The summed E-state index contributed by atoms with van der Waals surface area (Å²) in [6.45, 7) is -3.07. The number of aryl methyl sites for hydroxylation is 1. The highest BCUT2D eigenvalue weighted by Crippen LogP contribution is 2.38. The van der Waals surface area contributed by atoms with Crippen LogP contribution in [0, 0.1) is 0 Å². The first-order chi connectivity index (χ1) is 16.7. The van der Waals surface area contributed by atoms with Gasteiger partial charge in [0.05, 0.1) is 30.0 Å². The van der Waals surface area contributed by atoms with Gasteiger partial charge in [0.25, 0.3) is 5.91 Å². The molecule has 0 radical (unpaired) electrons. The minimum Gasteiger partial charge on any atom is -0.434 e. The van der Waals surface area contributed by atoms with E-state index in [0.29, 0.717) is 5.65 Å². The van der Waals surface area contributed by atoms with Crippen molar-refractivity contribution in [2.45, 2.75) is 16.8 Å². The molecule has 0 aliphatic carbocycles. The van der Waals surface area contributed by atoms with Crippen LogP contribution >= 0.6 is 0 Å². The minimum absolute atomic E-state index is 0.0273. The van der Waals surface area contributed by atoms with Gasteiger partial charge < -0.3 is 14.8 Å². The molecule has 1 saturated heterocycles. The predicted octanol–water partition coefficient (Wildman–Crippen LogP) is 2.16. The molecule has 1 N–H and O–H groups in total. The van der Waals surface area contributed by atoms with Crippen LogP contribution in [-0.2, 0) is 21.6 Å². The Bertz CT molecular complexity index is 1530. The van der Waals surface area contributed by atoms with Crippen molar-refractivity contribution in [1.29, 1.82) is 0 Å². The minimum atomic E-state index is -3.78. The highest BCUT2D eigenvalue weighted by molar-refractivity contribution is 7.92. The van der Waals surface area contributed by atoms with E-state index in [9.17, 15) is 22.0 Å². The lowest BCUT2D eigenvalue weighted by molar-refractivity contribution is -0.0494. The monoisotopic (exact) mass is 504 g/mol. The maximum absolute atomic E-state index is 13.1. The number of rotatable bonds is 7. The van der Waals surface area contributed by atoms with E-state index in [1.165, 1.54) is 39.9 Å². The summed E-state index contributed by atoms with van der Waals surface area (Å²) in [4.78, 5) is 17.0. The van der Waals surface area contributed by atoms with Gasteiger partial charge in [-0.3, -0.25) is 9.48 Å². The summed E-state index contributed by atoms with van der Waals surface area (Å²) in [6, 6.07) is 5.20. The maximum Gasteiger partial charge on any atom is 0.387 e. The van der Waals surface area contributed by atoms with Crippen LogP contribution in [0.25, 0.3) is 16.9 Å². The number of halogens is 2. The Morgan fingerprint density at radius 2 is 2.11 bits per heavy atom. The smallest absolute Gasteiger partial charge is 0.387 e. The topological polar surface area (TPSA) is 130 Å². The quantitative estimate of drug-likeness (QED) is 0.405. The lowest BCUT2D eigenvalue weighted by Gasteiger charge is -2.26. The van der Waals surface area contributed by atoms with Crippen molar-refractivity contribution in [3.63, 3.8) is 0 Å². The normalized spacial score (nSPS) is 14.3. The first kappa shape index (κ1) is 22.9. The van der Waals surface area contributed by atoms with Gasteiger partial charge in [0.15, 0.2) is 15.5 Å². The Hall–Kier alpha value is -3.91. The van der Waals surface area contributed by atoms with E-state index in [1.54, 1.807) is 19.3 Å². The fourth-order valence-electron chi connectivity index (χ4n) is 3.61. The van der Waals surface area contributed by atoms with E-state index in [2.05, 4.69) is 25.2 Å². The third-order valence-electron chi connectivity index (χ3n) is 5.40. The lowest BCUT2D eigenvalue weighted by Crippen LogP contribution is -2.40. The van der Waals surface area contributed by atoms with E-state index in [1.807, 2.05) is 0 Å². The number of hydrogen-bond acceptors (Lipinski definition) is 8. The molecular formula is C21H18F2N6O5S. The van der Waals surface area contributed by atoms with Gasteiger partial charge in [-0.15, -0.1) is 0 Å². The Balaban J connectivity index is 1.56. The van der Waals surface area contributed by atoms with Crippen LogP contribution < -0.4 is 10.1 Å². The number of aromatic nitrogens is 5. The molecule has 0 saturated carbocycles. The Labute approximate surface area is 197 Å². The molecule has 5 rings (SSSR count). The third kappa shape index (κ3) is 4.21. The number of sulfone groups is 1. The van der Waals surface area contributed by atoms with E-state index in [0.717, 1.165) is 6.07 Å². The molecule has 1 aliphatic rings. The number of ether oxygens (including phenoxy) is 2. The van der Waals surface area contributed by atoms with Crippen molar-refractivity contribution in [3.8, 4) is 17.0 Å². The molecule has 1 amide bonds. The number of amides is 1. The summed E-state index contributed by atoms with van der Waals surface area (Å²) in [5.41, 5.74) is 0.649. The summed E-state index contributed by atoms with van der Waals surface area (Å²) < 4.78 is 64.4. The van der Waals surface area contributed by atoms with Gasteiger partial charge in [-0.05, 0) is 24.3 Å². The molecule has 1 fully saturated rings. The second-order valence-corrected chi connectivity index (χ2v) is 9.93. The Kier molecular flexibility index (Phi) is 5.68. The van der Waals surface area contributed by atoms with Gasteiger partial charge in [-0.1, -0.05) is 0 Å². The zero-order valence-corrected chi connectivity index (χ0v) is 18.9. The van der Waals surface area contributed by atoms with Crippen molar-refractivity contribution in [3.05, 3.63) is 54.6 Å². The van der Waals surface area contributed by atoms with Gasteiger partial charge >= 0.3 is 6.61 Å². The number of anilines is 1. The molecule has 1 aromatic carbocycles. The Morgan fingerprint density at radius 1 is 1.31 bits per heavy atom. The zero-order chi connectivity index (χ0) is 24.7. The molecule has 0 bridgehead atoms. The largest absolute Gasteiger partial charge is 0.434 e. The molecule has 0 unspecified atom stereocenters. The highest BCUT2D eigenvalue weighted by atomic mass is 32.2. The third-order valence-corrected chi connectivity index (χ3v) is 7.46. The molecule has 35 heavy (non-hydrogen) atoms. The van der Waals surface area contributed by atoms with Gasteiger partial charge in [0, 0.05) is 31.2 Å². The highest BCUT2D eigenvalue weighted by Gasteiger charge is 2.35. The fourth-order valence-corrected chi connectivity index (χ4v) is 5.09. The van der Waals surface area contributed by atoms with E-state index < -0.39 is 27.6 Å². The molecule has 4 heterocycles. The summed E-state index contributed by atoms with van der Waals surface area (Å²) in [6.07, 6.45) is 5.93. The summed E-state index contributed by atoms with van der Waals surface area (Å²) >= 11 is 0. The van der Waals surface area contributed by atoms with Gasteiger partial charge in [0.2, 0.25) is 0 Å². The number of hydrogen-bond donors (Lipinski definition) is 1. The average molecular weight is 504 g/mol. The summed E-state index contributed by atoms with van der Waals surface area (Å²) in [7, 11) is -2.21. The van der Waals surface area contributed by atoms with E-state index in [-0.39, 0.29) is 46.4 Å². The van der Waals surface area contributed by atoms with Gasteiger partial charge in [0.1, 0.15) is 22.3 Å². The fraction of sp³-hybridized carbons (Fsp3) is 0.238. The van der Waals surface area contributed by atoms with Crippen molar-refractivity contribution < 1.29 is 31.5 Å². The van der Waals surface area contributed by atoms with Crippen molar-refractivity contribution in [1.82, 2.24) is 24.4 Å². The number of benzene rings is 1. The number of nitrogens with one attached hydrogen (secondary N) is 1. The first-order valence-corrected chi connectivity index (χ1v) is 11.8. The van der Waals surface area contributed by atoms with Crippen molar-refractivity contribution in [2.24, 2.45) is 7.05 Å². The molecule has 0 atom stereocenters. The SMILES string of the molecule is Cn1cc(NC(=O)c2cnn3cccnc23)c(-c2cc(S(=O)(=O)C3COC3)ccc2OC(F)F)n1. The number of fused-ring (bicyclic) bond motifs is 1. The van der Waals surface area contributed by atoms with Crippen LogP contribution in [0.2, 0.25) is 0 Å². The van der Waals surface area contributed by atoms with E-state index in [4.69, 9.17) is 4.74 Å². The van der Waals surface area contributed by atoms with Crippen LogP contribution in [-0.4, -0.2) is 63.8 Å². The molecule has 4 aromatic rings. The lowest BCUT2D eigenvalue weighted by atomic mass is 10.1. The van der Waals surface area contributed by atoms with Crippen LogP contribution in [0.15, 0.2) is 53.9 Å². The molecule has 3 aromatic heterocycles. The molecular weight excluding hydrogens is 486 g/mol. The maximum atomic E-state index is 13.1. The van der Waals surface area contributed by atoms with Crippen LogP contribution in [0.1, 0.15) is 10.4 Å². The number of nitrogens with zero attached hydrogens (tertiary/aromatic N) is 5. The number of carbonyl (C=O) groups is 1. The number of alkyl halides is 2. The zero-order valence-electron chi connectivity index (χ0n) is 18.1. The second kappa shape index (κ2) is 8.70. The molecule has 0 spiro atoms. The summed E-state index contributed by atoms with van der Waals surface area (Å²) in [5, 5.41) is 10.3. The predicted molar refractivity (Wildman–Crippen MR) is 118 cm³/mol.